The lowest BCUT2D eigenvalue weighted by Crippen LogP contribution is -2.11. The predicted molar refractivity (Wildman–Crippen MR) is 106 cm³/mol. The number of esters is 1. The van der Waals surface area contributed by atoms with Crippen LogP contribution in [-0.2, 0) is 11.2 Å². The van der Waals surface area contributed by atoms with Crippen molar-refractivity contribution in [2.75, 3.05) is 7.11 Å². The summed E-state index contributed by atoms with van der Waals surface area (Å²) in [6.45, 7) is 0. The van der Waals surface area contributed by atoms with Gasteiger partial charge in [0.05, 0.1) is 19.1 Å². The smallest absolute Gasteiger partial charge is 0.315 e. The molecule has 0 unspecified atom stereocenters. The second-order valence-corrected chi connectivity index (χ2v) is 7.09. The maximum absolute atomic E-state index is 12.4. The highest BCUT2D eigenvalue weighted by Crippen LogP contribution is 2.35. The molecule has 0 amide bonds. The Labute approximate surface area is 165 Å². The van der Waals surface area contributed by atoms with Crippen LogP contribution in [0.2, 0.25) is 0 Å². The number of ether oxygens (including phenoxy) is 3. The summed E-state index contributed by atoms with van der Waals surface area (Å²) < 4.78 is 16.2. The van der Waals surface area contributed by atoms with Gasteiger partial charge < -0.3 is 14.2 Å². The van der Waals surface area contributed by atoms with Crippen LogP contribution in [0.4, 0.5) is 0 Å². The Balaban J connectivity index is 1.45. The van der Waals surface area contributed by atoms with Gasteiger partial charge in [0.15, 0.2) is 5.76 Å². The molecule has 2 heterocycles. The lowest BCUT2D eigenvalue weighted by Gasteiger charge is -2.06. The first-order valence-corrected chi connectivity index (χ1v) is 9.46. The second kappa shape index (κ2) is 7.70. The van der Waals surface area contributed by atoms with Gasteiger partial charge in [-0.3, -0.25) is 9.59 Å². The summed E-state index contributed by atoms with van der Waals surface area (Å²) in [6.07, 6.45) is 1.84. The first-order valence-electron chi connectivity index (χ1n) is 8.58. The van der Waals surface area contributed by atoms with Crippen molar-refractivity contribution in [2.24, 2.45) is 0 Å². The summed E-state index contributed by atoms with van der Waals surface area (Å²) in [5.41, 5.74) is 1.28. The number of thiophene rings is 1. The number of allylic oxidation sites excluding steroid dienone is 1. The van der Waals surface area contributed by atoms with Crippen LogP contribution in [0.3, 0.4) is 0 Å². The molecule has 0 saturated heterocycles. The molecule has 6 heteroatoms. The molecular weight excluding hydrogens is 376 g/mol. The van der Waals surface area contributed by atoms with Crippen LogP contribution in [0, 0.1) is 0 Å². The molecule has 0 atom stereocenters. The molecule has 5 nitrogen and oxygen atoms in total. The molecule has 0 spiro atoms. The SMILES string of the molecule is COc1ccc(CC(=O)Oc2ccc3c(c2)O/C(=C\c2cccs2)C3=O)cc1. The summed E-state index contributed by atoms with van der Waals surface area (Å²) in [6, 6.07) is 15.8. The Kier molecular flexibility index (Phi) is 4.95. The monoisotopic (exact) mass is 392 g/mol. The zero-order valence-electron chi connectivity index (χ0n) is 15.0. The third kappa shape index (κ3) is 3.82. The summed E-state index contributed by atoms with van der Waals surface area (Å²) in [5.74, 6) is 1.14. The summed E-state index contributed by atoms with van der Waals surface area (Å²) in [4.78, 5) is 25.6. The third-order valence-electron chi connectivity index (χ3n) is 4.20. The average Bonchev–Trinajstić information content (AvgIpc) is 3.31. The van der Waals surface area contributed by atoms with E-state index < -0.39 is 5.97 Å². The molecule has 2 aromatic carbocycles. The molecule has 1 aliphatic heterocycles. The topological polar surface area (TPSA) is 61.8 Å². The number of carbonyl (C=O) groups excluding carboxylic acids is 2. The highest BCUT2D eigenvalue weighted by Gasteiger charge is 2.28. The zero-order chi connectivity index (χ0) is 19.5. The molecular formula is C22H16O5S. The Morgan fingerprint density at radius 2 is 1.89 bits per heavy atom. The van der Waals surface area contributed by atoms with E-state index in [4.69, 9.17) is 14.2 Å². The Morgan fingerprint density at radius 1 is 1.11 bits per heavy atom. The van der Waals surface area contributed by atoms with Crippen molar-refractivity contribution in [1.82, 2.24) is 0 Å². The fourth-order valence-electron chi connectivity index (χ4n) is 2.81. The molecule has 28 heavy (non-hydrogen) atoms. The number of carbonyl (C=O) groups is 2. The van der Waals surface area contributed by atoms with Crippen LogP contribution in [-0.4, -0.2) is 18.9 Å². The number of fused-ring (bicyclic) bond motifs is 1. The molecule has 1 aliphatic rings. The van der Waals surface area contributed by atoms with Crippen molar-refractivity contribution >= 4 is 29.2 Å². The van der Waals surface area contributed by atoms with Crippen molar-refractivity contribution in [3.63, 3.8) is 0 Å². The largest absolute Gasteiger partial charge is 0.497 e. The molecule has 0 bridgehead atoms. The first-order chi connectivity index (χ1) is 13.6. The molecule has 1 aromatic heterocycles. The number of ketones is 1. The highest BCUT2D eigenvalue weighted by atomic mass is 32.1. The van der Waals surface area contributed by atoms with Crippen molar-refractivity contribution in [3.8, 4) is 17.2 Å². The van der Waals surface area contributed by atoms with Crippen molar-refractivity contribution in [1.29, 1.82) is 0 Å². The van der Waals surface area contributed by atoms with E-state index in [2.05, 4.69) is 0 Å². The van der Waals surface area contributed by atoms with Gasteiger partial charge in [-0.25, -0.2) is 0 Å². The average molecular weight is 392 g/mol. The summed E-state index contributed by atoms with van der Waals surface area (Å²) in [7, 11) is 1.59. The zero-order valence-corrected chi connectivity index (χ0v) is 15.8. The maximum Gasteiger partial charge on any atom is 0.315 e. The molecule has 0 fully saturated rings. The van der Waals surface area contributed by atoms with Gasteiger partial charge in [-0.2, -0.15) is 0 Å². The van der Waals surface area contributed by atoms with E-state index >= 15 is 0 Å². The Bertz CT molecular complexity index is 1050. The Hall–Kier alpha value is -3.38. The minimum absolute atomic E-state index is 0.129. The third-order valence-corrected chi connectivity index (χ3v) is 5.02. The molecule has 0 radical (unpaired) electrons. The predicted octanol–water partition coefficient (Wildman–Crippen LogP) is 4.52. The standard InChI is InChI=1S/C22H16O5S/c1-25-15-6-4-14(5-7-15)11-21(23)26-16-8-9-18-19(12-16)27-20(22(18)24)13-17-3-2-10-28-17/h2-10,12-13H,11H2,1H3/b20-13-. The van der Waals surface area contributed by atoms with Crippen LogP contribution in [0.1, 0.15) is 20.8 Å². The lowest BCUT2D eigenvalue weighted by atomic mass is 10.1. The van der Waals surface area contributed by atoms with Crippen molar-refractivity contribution in [2.45, 2.75) is 6.42 Å². The van der Waals surface area contributed by atoms with E-state index in [1.807, 2.05) is 29.6 Å². The first kappa shape index (κ1) is 18.0. The highest BCUT2D eigenvalue weighted by molar-refractivity contribution is 7.10. The van der Waals surface area contributed by atoms with E-state index in [9.17, 15) is 9.59 Å². The number of hydrogen-bond donors (Lipinski definition) is 0. The molecule has 0 N–H and O–H groups in total. The van der Waals surface area contributed by atoms with Gasteiger partial charge in [0.25, 0.3) is 0 Å². The van der Waals surface area contributed by atoms with E-state index in [1.165, 1.54) is 11.3 Å². The van der Waals surface area contributed by atoms with Crippen LogP contribution >= 0.6 is 11.3 Å². The van der Waals surface area contributed by atoms with Crippen LogP contribution < -0.4 is 14.2 Å². The lowest BCUT2D eigenvalue weighted by molar-refractivity contribution is -0.133. The number of Topliss-reactive ketones (excluding diaryl/α,β-unsaturated/α-hetero) is 1. The molecule has 0 saturated carbocycles. The van der Waals surface area contributed by atoms with Gasteiger partial charge in [0, 0.05) is 17.0 Å². The molecule has 140 valence electrons. The minimum atomic E-state index is -0.399. The van der Waals surface area contributed by atoms with Gasteiger partial charge in [-0.1, -0.05) is 18.2 Å². The normalized spacial score (nSPS) is 13.9. The number of benzene rings is 2. The van der Waals surface area contributed by atoms with E-state index in [1.54, 1.807) is 43.5 Å². The molecule has 0 aliphatic carbocycles. The van der Waals surface area contributed by atoms with E-state index in [-0.39, 0.29) is 18.0 Å². The van der Waals surface area contributed by atoms with Crippen molar-refractivity contribution < 1.29 is 23.8 Å². The second-order valence-electron chi connectivity index (χ2n) is 6.11. The van der Waals surface area contributed by atoms with Crippen LogP contribution in [0.25, 0.3) is 6.08 Å². The molecule has 4 rings (SSSR count). The fraction of sp³-hybridized carbons (Fsp3) is 0.0909. The number of methoxy groups -OCH3 is 1. The Morgan fingerprint density at radius 3 is 2.61 bits per heavy atom. The van der Waals surface area contributed by atoms with Gasteiger partial charge in [-0.05, 0) is 41.3 Å². The maximum atomic E-state index is 12.4. The summed E-state index contributed by atoms with van der Waals surface area (Å²) in [5, 5.41) is 1.93. The van der Waals surface area contributed by atoms with Crippen LogP contribution in [0.15, 0.2) is 65.7 Å². The fourth-order valence-corrected chi connectivity index (χ4v) is 3.46. The van der Waals surface area contributed by atoms with E-state index in [0.29, 0.717) is 17.1 Å². The number of rotatable bonds is 5. The van der Waals surface area contributed by atoms with Gasteiger partial charge in [0.2, 0.25) is 5.78 Å². The van der Waals surface area contributed by atoms with Gasteiger partial charge in [0.1, 0.15) is 17.2 Å². The van der Waals surface area contributed by atoms with Crippen LogP contribution in [0.5, 0.6) is 17.2 Å². The van der Waals surface area contributed by atoms with Gasteiger partial charge in [-0.15, -0.1) is 11.3 Å². The van der Waals surface area contributed by atoms with Gasteiger partial charge >= 0.3 is 5.97 Å². The van der Waals surface area contributed by atoms with E-state index in [0.717, 1.165) is 16.2 Å². The number of hydrogen-bond acceptors (Lipinski definition) is 6. The van der Waals surface area contributed by atoms with Crippen molar-refractivity contribution in [3.05, 3.63) is 81.7 Å². The quantitative estimate of drug-likeness (QED) is 0.363. The molecule has 3 aromatic rings. The summed E-state index contributed by atoms with van der Waals surface area (Å²) >= 11 is 1.52. The minimum Gasteiger partial charge on any atom is -0.497 e.